The third-order valence-corrected chi connectivity index (χ3v) is 9.14. The summed E-state index contributed by atoms with van der Waals surface area (Å²) in [5.41, 5.74) is -0.116. The highest BCUT2D eigenvalue weighted by Crippen LogP contribution is 2.58. The molecular formula is C30H35NO10. The molecule has 4 bridgehead atoms. The van der Waals surface area contributed by atoms with Crippen LogP contribution in [-0.4, -0.2) is 77.5 Å². The molecule has 220 valence electrons. The Balaban J connectivity index is 1.42. The number of fused-ring (bicyclic) bond motifs is 1. The van der Waals surface area contributed by atoms with Crippen molar-refractivity contribution in [3.8, 4) is 0 Å². The normalized spacial score (nSPS) is 37.1. The van der Waals surface area contributed by atoms with Crippen molar-refractivity contribution >= 4 is 29.7 Å². The van der Waals surface area contributed by atoms with Gasteiger partial charge in [-0.05, 0) is 68.4 Å². The molecule has 1 aromatic carbocycles. The van der Waals surface area contributed by atoms with Gasteiger partial charge in [-0.1, -0.05) is 12.1 Å². The minimum absolute atomic E-state index is 0.207. The number of nitrogens with zero attached hydrogens (tertiary/aromatic N) is 1. The summed E-state index contributed by atoms with van der Waals surface area (Å²) in [6, 6.07) is 5.17. The summed E-state index contributed by atoms with van der Waals surface area (Å²) in [5.74, 6) is -1.60. The van der Waals surface area contributed by atoms with E-state index in [4.69, 9.17) is 23.7 Å². The first-order valence-corrected chi connectivity index (χ1v) is 14.3. The van der Waals surface area contributed by atoms with Crippen molar-refractivity contribution in [3.05, 3.63) is 35.4 Å². The molecule has 2 amide bonds. The lowest BCUT2D eigenvalue weighted by molar-refractivity contribution is -0.327. The molecule has 4 saturated carbocycles. The number of imide groups is 1. The molecule has 2 unspecified atom stereocenters. The maximum absolute atomic E-state index is 13.7. The molecule has 11 nitrogen and oxygen atoms in total. The molecule has 5 atom stereocenters. The fourth-order valence-electron chi connectivity index (χ4n) is 8.15. The molecule has 1 saturated heterocycles. The van der Waals surface area contributed by atoms with Crippen LogP contribution in [0, 0.1) is 17.8 Å². The van der Waals surface area contributed by atoms with E-state index in [0.29, 0.717) is 17.8 Å². The zero-order chi connectivity index (χ0) is 29.1. The summed E-state index contributed by atoms with van der Waals surface area (Å²) in [5, 5.41) is 0. The summed E-state index contributed by atoms with van der Waals surface area (Å²) in [6.07, 6.45) is 1.02. The van der Waals surface area contributed by atoms with Crippen LogP contribution >= 0.6 is 0 Å². The molecule has 2 aliphatic heterocycles. The van der Waals surface area contributed by atoms with Crippen LogP contribution in [0.2, 0.25) is 0 Å². The van der Waals surface area contributed by atoms with Gasteiger partial charge in [-0.25, -0.2) is 0 Å². The highest BCUT2D eigenvalue weighted by atomic mass is 16.7. The van der Waals surface area contributed by atoms with Crippen molar-refractivity contribution in [2.45, 2.75) is 95.5 Å². The Morgan fingerprint density at radius 1 is 0.829 bits per heavy atom. The molecule has 11 heteroatoms. The van der Waals surface area contributed by atoms with Gasteiger partial charge in [-0.2, -0.15) is 0 Å². The third kappa shape index (κ3) is 5.14. The Morgan fingerprint density at radius 3 is 1.83 bits per heavy atom. The minimum atomic E-state index is -1.34. The molecule has 7 rings (SSSR count). The zero-order valence-electron chi connectivity index (χ0n) is 23.4. The average molecular weight is 570 g/mol. The van der Waals surface area contributed by atoms with E-state index in [0.717, 1.165) is 43.4 Å². The van der Waals surface area contributed by atoms with Gasteiger partial charge in [0.25, 0.3) is 11.8 Å². The molecule has 0 N–H and O–H groups in total. The summed E-state index contributed by atoms with van der Waals surface area (Å²) in [7, 11) is 0. The summed E-state index contributed by atoms with van der Waals surface area (Å²) in [6.45, 7) is 3.29. The van der Waals surface area contributed by atoms with Crippen LogP contribution in [0.4, 0.5) is 0 Å². The van der Waals surface area contributed by atoms with E-state index >= 15 is 0 Å². The van der Waals surface area contributed by atoms with Crippen LogP contribution in [0.25, 0.3) is 0 Å². The third-order valence-electron chi connectivity index (χ3n) is 9.14. The van der Waals surface area contributed by atoms with Crippen LogP contribution in [0.1, 0.15) is 80.0 Å². The number of esters is 3. The second-order valence-electron chi connectivity index (χ2n) is 12.2. The van der Waals surface area contributed by atoms with Gasteiger partial charge in [0.05, 0.1) is 16.7 Å². The highest BCUT2D eigenvalue weighted by molar-refractivity contribution is 6.21. The molecule has 0 spiro atoms. The van der Waals surface area contributed by atoms with E-state index in [2.05, 4.69) is 0 Å². The molecule has 0 radical (unpaired) electrons. The fourth-order valence-corrected chi connectivity index (χ4v) is 8.15. The van der Waals surface area contributed by atoms with Crippen LogP contribution in [0.3, 0.4) is 0 Å². The van der Waals surface area contributed by atoms with E-state index in [-0.39, 0.29) is 17.7 Å². The quantitative estimate of drug-likeness (QED) is 0.274. The van der Waals surface area contributed by atoms with Crippen molar-refractivity contribution in [1.82, 2.24) is 4.90 Å². The maximum atomic E-state index is 13.7. The van der Waals surface area contributed by atoms with Crippen LogP contribution in [0.5, 0.6) is 0 Å². The molecule has 4 aliphatic carbocycles. The standard InChI is InChI=1S/C30H35NO10/c1-15(32)37-14-23-25(38-16(2)33)26(39-17(3)34)24(31-27(35)21-6-4-5-7-22(21)28(31)36)29(40-23)41-30-11-18-8-19(12-30)10-20(9-18)13-30/h4-7,18-20,23-26,29H,8-14H2,1-3H3/t18?,19?,20?,23?,24?,25-,26-,29+,30?/m1/s1. The lowest BCUT2D eigenvalue weighted by Crippen LogP contribution is -2.69. The lowest BCUT2D eigenvalue weighted by atomic mass is 9.54. The molecule has 41 heavy (non-hydrogen) atoms. The molecule has 5 fully saturated rings. The van der Waals surface area contributed by atoms with E-state index in [1.54, 1.807) is 24.3 Å². The molecule has 0 aromatic heterocycles. The number of carbonyl (C=O) groups excluding carboxylic acids is 5. The predicted molar refractivity (Wildman–Crippen MR) is 139 cm³/mol. The largest absolute Gasteiger partial charge is 0.463 e. The summed E-state index contributed by atoms with van der Waals surface area (Å²) < 4.78 is 29.9. The SMILES string of the molecule is CC(=O)OCC1O[C@@H](OC23CC4CC(CC(C4)C2)C3)C(N2C(=O)c3ccccc3C2=O)[C@@H](OC(C)=O)[C@@H]1OC(C)=O. The minimum Gasteiger partial charge on any atom is -0.463 e. The molecule has 6 aliphatic rings. The van der Waals surface area contributed by atoms with Gasteiger partial charge >= 0.3 is 17.9 Å². The van der Waals surface area contributed by atoms with Crippen LogP contribution in [-0.2, 0) is 38.1 Å². The number of amides is 2. The van der Waals surface area contributed by atoms with Gasteiger partial charge in [0.1, 0.15) is 18.8 Å². The number of rotatable bonds is 7. The number of carbonyl (C=O) groups is 5. The molecular weight excluding hydrogens is 534 g/mol. The Morgan fingerprint density at radius 2 is 1.34 bits per heavy atom. The van der Waals surface area contributed by atoms with E-state index in [9.17, 15) is 24.0 Å². The van der Waals surface area contributed by atoms with Crippen molar-refractivity contribution < 1.29 is 47.7 Å². The summed E-state index contributed by atoms with van der Waals surface area (Å²) in [4.78, 5) is 64.9. The monoisotopic (exact) mass is 569 g/mol. The number of ether oxygens (including phenoxy) is 5. The van der Waals surface area contributed by atoms with Gasteiger partial charge in [0.15, 0.2) is 18.5 Å². The van der Waals surface area contributed by atoms with Gasteiger partial charge in [0, 0.05) is 20.8 Å². The average Bonchev–Trinajstić information content (AvgIpc) is 3.13. The van der Waals surface area contributed by atoms with Crippen molar-refractivity contribution in [1.29, 1.82) is 0 Å². The van der Waals surface area contributed by atoms with Gasteiger partial charge in [-0.3, -0.25) is 28.9 Å². The van der Waals surface area contributed by atoms with E-state index < -0.39 is 66.0 Å². The van der Waals surface area contributed by atoms with E-state index in [1.165, 1.54) is 20.8 Å². The summed E-state index contributed by atoms with van der Waals surface area (Å²) >= 11 is 0. The first-order valence-electron chi connectivity index (χ1n) is 14.3. The van der Waals surface area contributed by atoms with Gasteiger partial charge < -0.3 is 23.7 Å². The fraction of sp³-hybridized carbons (Fsp3) is 0.633. The van der Waals surface area contributed by atoms with Crippen molar-refractivity contribution in [2.75, 3.05) is 6.61 Å². The van der Waals surface area contributed by atoms with Crippen molar-refractivity contribution in [3.63, 3.8) is 0 Å². The van der Waals surface area contributed by atoms with Gasteiger partial charge in [0.2, 0.25) is 0 Å². The number of benzene rings is 1. The van der Waals surface area contributed by atoms with Crippen LogP contribution in [0.15, 0.2) is 24.3 Å². The topological polar surface area (TPSA) is 135 Å². The Bertz CT molecular complexity index is 1210. The van der Waals surface area contributed by atoms with Crippen molar-refractivity contribution in [2.24, 2.45) is 17.8 Å². The lowest BCUT2D eigenvalue weighted by Gasteiger charge is -2.58. The Hall–Kier alpha value is -3.31. The predicted octanol–water partition coefficient (Wildman–Crippen LogP) is 2.79. The maximum Gasteiger partial charge on any atom is 0.303 e. The Kier molecular flexibility index (Phi) is 7.14. The molecule has 1 aromatic rings. The number of hydrogen-bond donors (Lipinski definition) is 0. The van der Waals surface area contributed by atoms with Crippen LogP contribution < -0.4 is 0 Å². The number of hydrogen-bond acceptors (Lipinski definition) is 10. The Labute approximate surface area is 237 Å². The van der Waals surface area contributed by atoms with E-state index in [1.807, 2.05) is 0 Å². The highest BCUT2D eigenvalue weighted by Gasteiger charge is 2.60. The molecule has 2 heterocycles. The first-order chi connectivity index (χ1) is 19.5. The smallest absolute Gasteiger partial charge is 0.303 e. The second-order valence-corrected chi connectivity index (χ2v) is 12.2. The second kappa shape index (κ2) is 10.5. The van der Waals surface area contributed by atoms with Gasteiger partial charge in [-0.15, -0.1) is 0 Å². The zero-order valence-corrected chi connectivity index (χ0v) is 23.4. The first kappa shape index (κ1) is 27.8.